The molecule has 2 N–H and O–H groups in total. The van der Waals surface area contributed by atoms with Crippen LogP contribution in [0.5, 0.6) is 5.75 Å². The molecule has 1 fully saturated rings. The number of nitrogens with one attached hydrogen (secondary N) is 2. The van der Waals surface area contributed by atoms with Gasteiger partial charge in [0.2, 0.25) is 5.91 Å². The van der Waals surface area contributed by atoms with Gasteiger partial charge in [-0.15, -0.1) is 0 Å². The number of carbonyl (C=O) groups excluding carboxylic acids is 1. The van der Waals surface area contributed by atoms with Crippen LogP contribution in [0, 0.1) is 11.6 Å². The van der Waals surface area contributed by atoms with Crippen LogP contribution in [-0.4, -0.2) is 44.1 Å². The number of amides is 1. The molecule has 0 bridgehead atoms. The minimum atomic E-state index is -0.655. The van der Waals surface area contributed by atoms with Gasteiger partial charge in [-0.1, -0.05) is 18.2 Å². The summed E-state index contributed by atoms with van der Waals surface area (Å²) in [4.78, 5) is 14.5. The van der Waals surface area contributed by atoms with Gasteiger partial charge in [0.15, 0.2) is 0 Å². The Kier molecular flexibility index (Phi) is 6.36. The Balaban J connectivity index is 1.64. The lowest BCUT2D eigenvalue weighted by molar-refractivity contribution is -0.123. The maximum atomic E-state index is 13.3. The molecule has 0 aliphatic carbocycles. The first kappa shape index (κ1) is 19.3. The topological polar surface area (TPSA) is 53.6 Å². The molecule has 7 heteroatoms. The van der Waals surface area contributed by atoms with Crippen molar-refractivity contribution in [3.8, 4) is 5.75 Å². The number of carbonyl (C=O) groups is 1. The highest BCUT2D eigenvalue weighted by atomic mass is 19.1. The Bertz CT molecular complexity index is 780. The minimum absolute atomic E-state index is 0.00673. The summed E-state index contributed by atoms with van der Waals surface area (Å²) in [6.07, 6.45) is 0. The summed E-state index contributed by atoms with van der Waals surface area (Å²) in [7, 11) is 1.63. The third-order valence-electron chi connectivity index (χ3n) is 4.61. The zero-order valence-electron chi connectivity index (χ0n) is 15.2. The number of hydrogen-bond donors (Lipinski definition) is 2. The standard InChI is InChI=1S/C20H23F2N3O2/c1-27-19-5-3-2-4-17(19)18-12-23-6-7-25(18)13-20(26)24-11-14-8-15(21)10-16(22)9-14/h2-5,8-10,18,23H,6-7,11-13H2,1H3,(H,24,26). The van der Waals surface area contributed by atoms with Crippen LogP contribution in [-0.2, 0) is 11.3 Å². The summed E-state index contributed by atoms with van der Waals surface area (Å²) in [5.74, 6) is -0.719. The molecule has 0 spiro atoms. The second-order valence-electron chi connectivity index (χ2n) is 6.49. The molecule has 2 aromatic rings. The Hall–Kier alpha value is -2.51. The fourth-order valence-corrected chi connectivity index (χ4v) is 3.34. The summed E-state index contributed by atoms with van der Waals surface area (Å²) in [5, 5.41) is 6.08. The largest absolute Gasteiger partial charge is 0.496 e. The predicted octanol–water partition coefficient (Wildman–Crippen LogP) is 2.24. The number of ether oxygens (including phenoxy) is 1. The third kappa shape index (κ3) is 5.02. The summed E-state index contributed by atoms with van der Waals surface area (Å²) in [6.45, 7) is 2.49. The highest BCUT2D eigenvalue weighted by Gasteiger charge is 2.27. The van der Waals surface area contributed by atoms with Gasteiger partial charge < -0.3 is 15.4 Å². The lowest BCUT2D eigenvalue weighted by atomic mass is 10.0. The van der Waals surface area contributed by atoms with E-state index in [9.17, 15) is 13.6 Å². The van der Waals surface area contributed by atoms with Crippen LogP contribution in [0.4, 0.5) is 8.78 Å². The highest BCUT2D eigenvalue weighted by molar-refractivity contribution is 5.78. The molecule has 27 heavy (non-hydrogen) atoms. The summed E-state index contributed by atoms with van der Waals surface area (Å²) < 4.78 is 32.0. The molecule has 1 unspecified atom stereocenters. The third-order valence-corrected chi connectivity index (χ3v) is 4.61. The predicted molar refractivity (Wildman–Crippen MR) is 98.4 cm³/mol. The Morgan fingerprint density at radius 3 is 2.74 bits per heavy atom. The Morgan fingerprint density at radius 2 is 2.00 bits per heavy atom. The monoisotopic (exact) mass is 375 g/mol. The van der Waals surface area contributed by atoms with Crippen LogP contribution in [0.25, 0.3) is 0 Å². The van der Waals surface area contributed by atoms with Crippen molar-refractivity contribution in [1.29, 1.82) is 0 Å². The van der Waals surface area contributed by atoms with Crippen molar-refractivity contribution in [2.75, 3.05) is 33.3 Å². The SMILES string of the molecule is COc1ccccc1C1CNCCN1CC(=O)NCc1cc(F)cc(F)c1. The molecule has 0 saturated carbocycles. The van der Waals surface area contributed by atoms with Gasteiger partial charge in [-0.05, 0) is 23.8 Å². The fourth-order valence-electron chi connectivity index (χ4n) is 3.34. The maximum Gasteiger partial charge on any atom is 0.234 e. The molecule has 1 amide bonds. The average molecular weight is 375 g/mol. The molecule has 2 aromatic carbocycles. The lowest BCUT2D eigenvalue weighted by Gasteiger charge is -2.36. The van der Waals surface area contributed by atoms with Crippen LogP contribution in [0.15, 0.2) is 42.5 Å². The molecule has 1 saturated heterocycles. The number of benzene rings is 2. The van der Waals surface area contributed by atoms with Crippen LogP contribution >= 0.6 is 0 Å². The molecule has 1 atom stereocenters. The van der Waals surface area contributed by atoms with Gasteiger partial charge in [-0.25, -0.2) is 8.78 Å². The van der Waals surface area contributed by atoms with Gasteiger partial charge in [0.05, 0.1) is 19.7 Å². The Morgan fingerprint density at radius 1 is 1.26 bits per heavy atom. The van der Waals surface area contributed by atoms with Gasteiger partial charge in [0, 0.05) is 37.8 Å². The maximum absolute atomic E-state index is 13.3. The van der Waals surface area contributed by atoms with Gasteiger partial charge in [0.25, 0.3) is 0 Å². The second kappa shape index (κ2) is 8.92. The first-order valence-electron chi connectivity index (χ1n) is 8.86. The number of nitrogens with zero attached hydrogens (tertiary/aromatic N) is 1. The summed E-state index contributed by atoms with van der Waals surface area (Å²) in [6, 6.07) is 11.0. The molecule has 0 aromatic heterocycles. The van der Waals surface area contributed by atoms with E-state index in [1.54, 1.807) is 7.11 Å². The smallest absolute Gasteiger partial charge is 0.234 e. The molecular weight excluding hydrogens is 352 g/mol. The van der Waals surface area contributed by atoms with Crippen molar-refractivity contribution in [3.05, 3.63) is 65.2 Å². The van der Waals surface area contributed by atoms with E-state index in [0.29, 0.717) is 18.7 Å². The molecule has 1 heterocycles. The molecule has 0 radical (unpaired) electrons. The molecule has 1 aliphatic heterocycles. The van der Waals surface area contributed by atoms with Crippen molar-refractivity contribution in [2.24, 2.45) is 0 Å². The van der Waals surface area contributed by atoms with E-state index >= 15 is 0 Å². The quantitative estimate of drug-likeness (QED) is 0.813. The lowest BCUT2D eigenvalue weighted by Crippen LogP contribution is -2.49. The molecule has 5 nitrogen and oxygen atoms in total. The average Bonchev–Trinajstić information content (AvgIpc) is 2.66. The van der Waals surface area contributed by atoms with Crippen LogP contribution in [0.1, 0.15) is 17.2 Å². The number of halogens is 2. The first-order chi connectivity index (χ1) is 13.1. The number of hydrogen-bond acceptors (Lipinski definition) is 4. The van der Waals surface area contributed by atoms with E-state index in [1.807, 2.05) is 24.3 Å². The second-order valence-corrected chi connectivity index (χ2v) is 6.49. The minimum Gasteiger partial charge on any atom is -0.496 e. The Labute approximate surface area is 157 Å². The normalized spacial score (nSPS) is 17.5. The zero-order valence-corrected chi connectivity index (χ0v) is 15.2. The summed E-state index contributed by atoms with van der Waals surface area (Å²) >= 11 is 0. The van der Waals surface area contributed by atoms with Crippen molar-refractivity contribution >= 4 is 5.91 Å². The van der Waals surface area contributed by atoms with Gasteiger partial charge in [-0.3, -0.25) is 9.69 Å². The van der Waals surface area contributed by atoms with Gasteiger partial charge >= 0.3 is 0 Å². The van der Waals surface area contributed by atoms with E-state index in [1.165, 1.54) is 12.1 Å². The van der Waals surface area contributed by atoms with E-state index in [2.05, 4.69) is 15.5 Å². The molecular formula is C20H23F2N3O2. The van der Waals surface area contributed by atoms with Crippen LogP contribution in [0.3, 0.4) is 0 Å². The van der Waals surface area contributed by atoms with Gasteiger partial charge in [0.1, 0.15) is 17.4 Å². The van der Waals surface area contributed by atoms with Crippen LogP contribution < -0.4 is 15.4 Å². The highest BCUT2D eigenvalue weighted by Crippen LogP contribution is 2.29. The number of para-hydroxylation sites is 1. The van der Waals surface area contributed by atoms with Crippen molar-refractivity contribution in [1.82, 2.24) is 15.5 Å². The first-order valence-corrected chi connectivity index (χ1v) is 8.86. The number of rotatable bonds is 6. The van der Waals surface area contributed by atoms with Crippen LogP contribution in [0.2, 0.25) is 0 Å². The number of methoxy groups -OCH3 is 1. The van der Waals surface area contributed by atoms with E-state index in [4.69, 9.17) is 4.74 Å². The van der Waals surface area contributed by atoms with E-state index < -0.39 is 11.6 Å². The molecule has 3 rings (SSSR count). The summed E-state index contributed by atoms with van der Waals surface area (Å²) in [5.41, 5.74) is 1.41. The van der Waals surface area contributed by atoms with Crippen molar-refractivity contribution in [2.45, 2.75) is 12.6 Å². The van der Waals surface area contributed by atoms with Gasteiger partial charge in [-0.2, -0.15) is 0 Å². The zero-order chi connectivity index (χ0) is 19.2. The van der Waals surface area contributed by atoms with E-state index in [0.717, 1.165) is 23.9 Å². The van der Waals surface area contributed by atoms with Crippen molar-refractivity contribution in [3.63, 3.8) is 0 Å². The molecule has 144 valence electrons. The fraction of sp³-hybridized carbons (Fsp3) is 0.350. The van der Waals surface area contributed by atoms with E-state index in [-0.39, 0.29) is 25.0 Å². The van der Waals surface area contributed by atoms with Crippen molar-refractivity contribution < 1.29 is 18.3 Å². The number of piperazine rings is 1. The molecule has 1 aliphatic rings.